The number of aromatic nitrogens is 2. The Bertz CT molecular complexity index is 745. The summed E-state index contributed by atoms with van der Waals surface area (Å²) in [6.07, 6.45) is 4.18. The van der Waals surface area contributed by atoms with Crippen molar-refractivity contribution in [1.29, 1.82) is 0 Å². The molecule has 3 N–H and O–H groups in total. The molecule has 0 fully saturated rings. The third-order valence-corrected chi connectivity index (χ3v) is 4.30. The number of thiocarbonyl (C=S) groups is 1. The molecule has 0 saturated heterocycles. The predicted molar refractivity (Wildman–Crippen MR) is 79.9 cm³/mol. The number of sulfonamides is 1. The van der Waals surface area contributed by atoms with Crippen molar-refractivity contribution in [2.24, 2.45) is 5.73 Å². The number of nitrogens with one attached hydrogen (secondary N) is 1. The van der Waals surface area contributed by atoms with Gasteiger partial charge < -0.3 is 5.73 Å². The standard InChI is InChI=1S/C12H12N4O2S2/c1-8-2-3-9(12(13)19)6-10(8)20(17,18)16-11-7-14-4-5-15-11/h2-7H,1H3,(H2,13,19)(H,15,16). The Morgan fingerprint density at radius 1 is 1.35 bits per heavy atom. The molecule has 1 aromatic heterocycles. The van der Waals surface area contributed by atoms with E-state index in [9.17, 15) is 8.42 Å². The molecule has 0 amide bonds. The van der Waals surface area contributed by atoms with Crippen molar-refractivity contribution in [1.82, 2.24) is 9.97 Å². The number of benzene rings is 1. The first-order chi connectivity index (χ1) is 9.40. The first kappa shape index (κ1) is 14.4. The third-order valence-electron chi connectivity index (χ3n) is 2.56. The quantitative estimate of drug-likeness (QED) is 0.824. The van der Waals surface area contributed by atoms with Gasteiger partial charge in [-0.05, 0) is 18.6 Å². The van der Waals surface area contributed by atoms with Crippen LogP contribution in [0, 0.1) is 6.92 Å². The maximum Gasteiger partial charge on any atom is 0.263 e. The van der Waals surface area contributed by atoms with Gasteiger partial charge in [0.25, 0.3) is 10.0 Å². The van der Waals surface area contributed by atoms with Crippen LogP contribution in [0.1, 0.15) is 11.1 Å². The Morgan fingerprint density at radius 2 is 2.10 bits per heavy atom. The molecule has 104 valence electrons. The van der Waals surface area contributed by atoms with E-state index in [0.29, 0.717) is 11.1 Å². The lowest BCUT2D eigenvalue weighted by atomic mass is 10.1. The Hall–Kier alpha value is -2.06. The summed E-state index contributed by atoms with van der Waals surface area (Å²) in [5.41, 5.74) is 6.60. The van der Waals surface area contributed by atoms with Gasteiger partial charge in [0, 0.05) is 18.0 Å². The molecule has 0 aliphatic carbocycles. The first-order valence-electron chi connectivity index (χ1n) is 5.59. The lowest BCUT2D eigenvalue weighted by Crippen LogP contribution is -2.17. The zero-order valence-corrected chi connectivity index (χ0v) is 12.2. The molecular formula is C12H12N4O2S2. The average molecular weight is 308 g/mol. The van der Waals surface area contributed by atoms with Gasteiger partial charge in [-0.2, -0.15) is 0 Å². The van der Waals surface area contributed by atoms with E-state index in [4.69, 9.17) is 18.0 Å². The van der Waals surface area contributed by atoms with Crippen molar-refractivity contribution >= 4 is 33.0 Å². The summed E-state index contributed by atoms with van der Waals surface area (Å²) in [5, 5.41) is 0. The highest BCUT2D eigenvalue weighted by atomic mass is 32.2. The van der Waals surface area contributed by atoms with E-state index < -0.39 is 10.0 Å². The van der Waals surface area contributed by atoms with Crippen LogP contribution in [-0.2, 0) is 10.0 Å². The number of anilines is 1. The van der Waals surface area contributed by atoms with E-state index in [0.717, 1.165) is 0 Å². The molecule has 0 unspecified atom stereocenters. The molecule has 0 radical (unpaired) electrons. The van der Waals surface area contributed by atoms with Crippen LogP contribution in [-0.4, -0.2) is 23.4 Å². The van der Waals surface area contributed by atoms with E-state index in [-0.39, 0.29) is 15.7 Å². The fourth-order valence-electron chi connectivity index (χ4n) is 1.59. The van der Waals surface area contributed by atoms with Gasteiger partial charge in [-0.25, -0.2) is 13.4 Å². The number of aryl methyl sites for hydroxylation is 1. The van der Waals surface area contributed by atoms with Crippen molar-refractivity contribution < 1.29 is 8.42 Å². The Labute approximate surface area is 122 Å². The fourth-order valence-corrected chi connectivity index (χ4v) is 2.98. The summed E-state index contributed by atoms with van der Waals surface area (Å²) in [7, 11) is -3.77. The molecular weight excluding hydrogens is 296 g/mol. The molecule has 8 heteroatoms. The highest BCUT2D eigenvalue weighted by molar-refractivity contribution is 7.92. The summed E-state index contributed by atoms with van der Waals surface area (Å²) >= 11 is 4.86. The highest BCUT2D eigenvalue weighted by Gasteiger charge is 2.18. The summed E-state index contributed by atoms with van der Waals surface area (Å²) in [5.74, 6) is 0.146. The molecule has 2 aromatic rings. The molecule has 0 saturated carbocycles. The smallest absolute Gasteiger partial charge is 0.263 e. The molecule has 1 aromatic carbocycles. The highest BCUT2D eigenvalue weighted by Crippen LogP contribution is 2.19. The van der Waals surface area contributed by atoms with E-state index >= 15 is 0 Å². The minimum atomic E-state index is -3.77. The van der Waals surface area contributed by atoms with Gasteiger partial charge in [0.1, 0.15) is 4.99 Å². The lowest BCUT2D eigenvalue weighted by Gasteiger charge is -2.10. The minimum Gasteiger partial charge on any atom is -0.389 e. The SMILES string of the molecule is Cc1ccc(C(N)=S)cc1S(=O)(=O)Nc1cnccn1. The van der Waals surface area contributed by atoms with Crippen molar-refractivity contribution in [2.75, 3.05) is 4.72 Å². The number of hydrogen-bond acceptors (Lipinski definition) is 5. The van der Waals surface area contributed by atoms with Gasteiger partial charge in [-0.3, -0.25) is 9.71 Å². The summed E-state index contributed by atoms with van der Waals surface area (Å²) in [6.45, 7) is 1.69. The van der Waals surface area contributed by atoms with Crippen molar-refractivity contribution in [3.05, 3.63) is 47.9 Å². The van der Waals surface area contributed by atoms with Crippen LogP contribution in [0.15, 0.2) is 41.7 Å². The monoisotopic (exact) mass is 308 g/mol. The fraction of sp³-hybridized carbons (Fsp3) is 0.0833. The molecule has 0 aliphatic rings. The van der Waals surface area contributed by atoms with Gasteiger partial charge in [0.15, 0.2) is 5.82 Å². The van der Waals surface area contributed by atoms with Crippen LogP contribution in [0.2, 0.25) is 0 Å². The normalized spacial score (nSPS) is 11.1. The maximum absolute atomic E-state index is 12.3. The number of nitrogens with zero attached hydrogens (tertiary/aromatic N) is 2. The summed E-state index contributed by atoms with van der Waals surface area (Å²) in [6, 6.07) is 4.77. The molecule has 0 bridgehead atoms. The number of hydrogen-bond donors (Lipinski definition) is 2. The minimum absolute atomic E-state index is 0.105. The molecule has 6 nitrogen and oxygen atoms in total. The van der Waals surface area contributed by atoms with E-state index in [1.54, 1.807) is 19.1 Å². The van der Waals surface area contributed by atoms with E-state index in [2.05, 4.69) is 14.7 Å². The van der Waals surface area contributed by atoms with Gasteiger partial charge in [-0.15, -0.1) is 0 Å². The molecule has 2 rings (SSSR count). The van der Waals surface area contributed by atoms with E-state index in [1.807, 2.05) is 0 Å². The van der Waals surface area contributed by atoms with Crippen molar-refractivity contribution in [2.45, 2.75) is 11.8 Å². The summed E-state index contributed by atoms with van der Waals surface area (Å²) < 4.78 is 27.0. The second kappa shape index (κ2) is 5.51. The zero-order valence-electron chi connectivity index (χ0n) is 10.6. The topological polar surface area (TPSA) is 98.0 Å². The van der Waals surface area contributed by atoms with Crippen LogP contribution in [0.4, 0.5) is 5.82 Å². The van der Waals surface area contributed by atoms with Gasteiger partial charge >= 0.3 is 0 Å². The molecule has 1 heterocycles. The lowest BCUT2D eigenvalue weighted by molar-refractivity contribution is 0.600. The molecule has 20 heavy (non-hydrogen) atoms. The average Bonchev–Trinajstić information content (AvgIpc) is 2.39. The zero-order chi connectivity index (χ0) is 14.8. The third kappa shape index (κ3) is 3.09. The number of rotatable bonds is 4. The van der Waals surface area contributed by atoms with Crippen LogP contribution >= 0.6 is 12.2 Å². The molecule has 0 spiro atoms. The van der Waals surface area contributed by atoms with Gasteiger partial charge in [0.2, 0.25) is 0 Å². The largest absolute Gasteiger partial charge is 0.389 e. The second-order valence-corrected chi connectivity index (χ2v) is 6.13. The van der Waals surface area contributed by atoms with Crippen LogP contribution in [0.3, 0.4) is 0 Å². The Morgan fingerprint density at radius 3 is 2.70 bits per heavy atom. The van der Waals surface area contributed by atoms with E-state index in [1.165, 1.54) is 24.7 Å². The summed E-state index contributed by atoms with van der Waals surface area (Å²) in [4.78, 5) is 7.92. The first-order valence-corrected chi connectivity index (χ1v) is 7.48. The van der Waals surface area contributed by atoms with Crippen LogP contribution in [0.5, 0.6) is 0 Å². The van der Waals surface area contributed by atoms with Gasteiger partial charge in [0.05, 0.1) is 11.1 Å². The predicted octanol–water partition coefficient (Wildman–Crippen LogP) is 1.22. The number of nitrogens with two attached hydrogens (primary N) is 1. The van der Waals surface area contributed by atoms with Crippen molar-refractivity contribution in [3.8, 4) is 0 Å². The van der Waals surface area contributed by atoms with Crippen molar-refractivity contribution in [3.63, 3.8) is 0 Å². The Kier molecular flexibility index (Phi) is 3.96. The maximum atomic E-state index is 12.3. The van der Waals surface area contributed by atoms with Gasteiger partial charge in [-0.1, -0.05) is 24.4 Å². The Balaban J connectivity index is 2.44. The molecule has 0 aliphatic heterocycles. The van der Waals surface area contributed by atoms with Crippen LogP contribution in [0.25, 0.3) is 0 Å². The molecule has 0 atom stereocenters. The second-order valence-electron chi connectivity index (χ2n) is 4.04. The van der Waals surface area contributed by atoms with Crippen LogP contribution < -0.4 is 10.5 Å².